The number of aromatic hydroxyl groups is 2. The molecule has 2 rings (SSSR count). The fourth-order valence-corrected chi connectivity index (χ4v) is 3.67. The second-order valence-electron chi connectivity index (χ2n) is 8.77. The lowest BCUT2D eigenvalue weighted by Crippen LogP contribution is -2.12. The third-order valence-electron chi connectivity index (χ3n) is 5.31. The van der Waals surface area contributed by atoms with E-state index in [1.807, 2.05) is 12.1 Å². The highest BCUT2D eigenvalue weighted by Crippen LogP contribution is 2.44. The average Bonchev–Trinajstić information content (AvgIpc) is 2.60. The van der Waals surface area contributed by atoms with Gasteiger partial charge in [0.1, 0.15) is 11.5 Å². The molecule has 0 aliphatic rings. The standard InChI is InChI=1S/C25H36O2/c1-7-9-10-11-12-19-13-17(3)14-20(23(19)26)21-15-18(8-2)16-22(24(21)27)25(4,5)6/h13-16,26-27H,7-12H2,1-6H3. The first kappa shape index (κ1) is 21.3. The molecule has 2 nitrogen and oxygen atoms in total. The molecule has 148 valence electrons. The summed E-state index contributed by atoms with van der Waals surface area (Å²) in [6, 6.07) is 8.19. The Hall–Kier alpha value is -1.96. The lowest BCUT2D eigenvalue weighted by atomic mass is 9.82. The third kappa shape index (κ3) is 5.06. The van der Waals surface area contributed by atoms with Crippen LogP contribution in [0.2, 0.25) is 0 Å². The molecule has 0 fully saturated rings. The van der Waals surface area contributed by atoms with E-state index in [9.17, 15) is 10.2 Å². The van der Waals surface area contributed by atoms with Crippen molar-refractivity contribution in [2.75, 3.05) is 0 Å². The van der Waals surface area contributed by atoms with Crippen molar-refractivity contribution >= 4 is 0 Å². The Morgan fingerprint density at radius 1 is 0.815 bits per heavy atom. The molecule has 0 aliphatic carbocycles. The lowest BCUT2D eigenvalue weighted by molar-refractivity contribution is 0.445. The molecule has 0 unspecified atom stereocenters. The number of unbranched alkanes of at least 4 members (excludes halogenated alkanes) is 3. The number of phenols is 2. The Balaban J connectivity index is 2.56. The zero-order valence-corrected chi connectivity index (χ0v) is 17.9. The zero-order chi connectivity index (χ0) is 20.2. The van der Waals surface area contributed by atoms with Gasteiger partial charge in [0.2, 0.25) is 0 Å². The van der Waals surface area contributed by atoms with Crippen LogP contribution >= 0.6 is 0 Å². The minimum Gasteiger partial charge on any atom is -0.507 e. The Kier molecular flexibility index (Phi) is 6.97. The predicted molar refractivity (Wildman–Crippen MR) is 116 cm³/mol. The van der Waals surface area contributed by atoms with Crippen molar-refractivity contribution in [1.82, 2.24) is 0 Å². The normalized spacial score (nSPS) is 11.8. The van der Waals surface area contributed by atoms with E-state index in [0.717, 1.165) is 47.1 Å². The number of rotatable bonds is 7. The fraction of sp³-hybridized carbons (Fsp3) is 0.520. The van der Waals surface area contributed by atoms with Crippen molar-refractivity contribution in [3.05, 3.63) is 46.5 Å². The van der Waals surface area contributed by atoms with Crippen molar-refractivity contribution in [1.29, 1.82) is 0 Å². The third-order valence-corrected chi connectivity index (χ3v) is 5.31. The Morgan fingerprint density at radius 3 is 2.07 bits per heavy atom. The summed E-state index contributed by atoms with van der Waals surface area (Å²) in [6.07, 6.45) is 6.47. The number of benzene rings is 2. The molecule has 0 aromatic heterocycles. The van der Waals surface area contributed by atoms with Gasteiger partial charge in [-0.15, -0.1) is 0 Å². The molecular formula is C25H36O2. The van der Waals surface area contributed by atoms with Crippen LogP contribution in [0, 0.1) is 6.92 Å². The smallest absolute Gasteiger partial charge is 0.127 e. The quantitative estimate of drug-likeness (QED) is 0.514. The van der Waals surface area contributed by atoms with Crippen LogP contribution in [0.3, 0.4) is 0 Å². The first-order valence-corrected chi connectivity index (χ1v) is 10.4. The summed E-state index contributed by atoms with van der Waals surface area (Å²) in [7, 11) is 0. The van der Waals surface area contributed by atoms with Gasteiger partial charge in [0.25, 0.3) is 0 Å². The van der Waals surface area contributed by atoms with E-state index in [4.69, 9.17) is 0 Å². The Morgan fingerprint density at radius 2 is 1.48 bits per heavy atom. The Labute approximate surface area is 165 Å². The summed E-state index contributed by atoms with van der Waals surface area (Å²) in [5.41, 5.74) is 5.55. The molecule has 0 saturated carbocycles. The van der Waals surface area contributed by atoms with Gasteiger partial charge in [-0.2, -0.15) is 0 Å². The predicted octanol–water partition coefficient (Wildman–Crippen LogP) is 7.06. The maximum absolute atomic E-state index is 11.0. The van der Waals surface area contributed by atoms with Crippen molar-refractivity contribution in [3.8, 4) is 22.6 Å². The molecule has 0 bridgehead atoms. The van der Waals surface area contributed by atoms with Crippen LogP contribution in [0.4, 0.5) is 0 Å². The average molecular weight is 369 g/mol. The summed E-state index contributed by atoms with van der Waals surface area (Å²) >= 11 is 0. The van der Waals surface area contributed by atoms with E-state index in [1.54, 1.807) is 0 Å². The fourth-order valence-electron chi connectivity index (χ4n) is 3.67. The first-order valence-electron chi connectivity index (χ1n) is 10.4. The lowest BCUT2D eigenvalue weighted by Gasteiger charge is -2.24. The molecule has 0 saturated heterocycles. The maximum Gasteiger partial charge on any atom is 0.127 e. The van der Waals surface area contributed by atoms with Crippen LogP contribution in [0.15, 0.2) is 24.3 Å². The molecule has 2 aromatic carbocycles. The number of phenolic OH excluding ortho intramolecular Hbond substituents is 2. The largest absolute Gasteiger partial charge is 0.507 e. The topological polar surface area (TPSA) is 40.5 Å². The summed E-state index contributed by atoms with van der Waals surface area (Å²) in [4.78, 5) is 0. The van der Waals surface area contributed by atoms with Gasteiger partial charge in [0, 0.05) is 16.7 Å². The van der Waals surface area contributed by atoms with Crippen LogP contribution in [-0.2, 0) is 18.3 Å². The SMILES string of the molecule is CCCCCCc1cc(C)cc(-c2cc(CC)cc(C(C)(C)C)c2O)c1O. The van der Waals surface area contributed by atoms with Crippen LogP contribution in [0.25, 0.3) is 11.1 Å². The van der Waals surface area contributed by atoms with Crippen LogP contribution in [0.5, 0.6) is 11.5 Å². The van der Waals surface area contributed by atoms with Gasteiger partial charge >= 0.3 is 0 Å². The molecule has 2 N–H and O–H groups in total. The van der Waals surface area contributed by atoms with Crippen molar-refractivity contribution in [2.24, 2.45) is 0 Å². The molecule has 27 heavy (non-hydrogen) atoms. The molecule has 0 aliphatic heterocycles. The van der Waals surface area contributed by atoms with Gasteiger partial charge in [0.15, 0.2) is 0 Å². The molecule has 2 heteroatoms. The first-order chi connectivity index (χ1) is 12.7. The van der Waals surface area contributed by atoms with Gasteiger partial charge in [0.05, 0.1) is 0 Å². The molecule has 0 radical (unpaired) electrons. The van der Waals surface area contributed by atoms with E-state index in [1.165, 1.54) is 24.8 Å². The van der Waals surface area contributed by atoms with Crippen molar-refractivity contribution < 1.29 is 10.2 Å². The molecule has 0 atom stereocenters. The van der Waals surface area contributed by atoms with Gasteiger partial charge in [-0.05, 0) is 60.4 Å². The summed E-state index contributed by atoms with van der Waals surface area (Å²) in [5.74, 6) is 0.609. The highest BCUT2D eigenvalue weighted by molar-refractivity contribution is 5.79. The van der Waals surface area contributed by atoms with Crippen LogP contribution < -0.4 is 0 Å². The minimum atomic E-state index is -0.160. The molecule has 0 spiro atoms. The summed E-state index contributed by atoms with van der Waals surface area (Å²) in [5, 5.41) is 22.0. The van der Waals surface area contributed by atoms with E-state index >= 15 is 0 Å². The van der Waals surface area contributed by atoms with E-state index in [2.05, 4.69) is 53.7 Å². The molecular weight excluding hydrogens is 332 g/mol. The number of hydrogen-bond acceptors (Lipinski definition) is 2. The monoisotopic (exact) mass is 368 g/mol. The Bertz CT molecular complexity index is 782. The van der Waals surface area contributed by atoms with Gasteiger partial charge in [-0.1, -0.05) is 66.0 Å². The minimum absolute atomic E-state index is 0.160. The highest BCUT2D eigenvalue weighted by Gasteiger charge is 2.23. The van der Waals surface area contributed by atoms with E-state index in [0.29, 0.717) is 5.75 Å². The van der Waals surface area contributed by atoms with Crippen LogP contribution in [0.1, 0.15) is 82.6 Å². The van der Waals surface area contributed by atoms with Crippen molar-refractivity contribution in [2.45, 2.75) is 85.5 Å². The van der Waals surface area contributed by atoms with Gasteiger partial charge in [-0.25, -0.2) is 0 Å². The van der Waals surface area contributed by atoms with Crippen molar-refractivity contribution in [3.63, 3.8) is 0 Å². The maximum atomic E-state index is 11.0. The molecule has 2 aromatic rings. The van der Waals surface area contributed by atoms with E-state index in [-0.39, 0.29) is 11.2 Å². The molecule has 0 heterocycles. The second kappa shape index (κ2) is 8.82. The van der Waals surface area contributed by atoms with Gasteiger partial charge < -0.3 is 10.2 Å². The highest BCUT2D eigenvalue weighted by atomic mass is 16.3. The van der Waals surface area contributed by atoms with Gasteiger partial charge in [-0.3, -0.25) is 0 Å². The molecule has 0 amide bonds. The zero-order valence-electron chi connectivity index (χ0n) is 17.9. The summed E-state index contributed by atoms with van der Waals surface area (Å²) < 4.78 is 0. The summed E-state index contributed by atoms with van der Waals surface area (Å²) in [6.45, 7) is 12.7. The van der Waals surface area contributed by atoms with Crippen LogP contribution in [-0.4, -0.2) is 10.2 Å². The van der Waals surface area contributed by atoms with E-state index < -0.39 is 0 Å². The number of aryl methyl sites for hydroxylation is 3. The number of hydrogen-bond donors (Lipinski definition) is 2. The second-order valence-corrected chi connectivity index (χ2v) is 8.77.